The lowest BCUT2D eigenvalue weighted by Gasteiger charge is -2.13. The third kappa shape index (κ3) is 1.48. The van der Waals surface area contributed by atoms with Crippen molar-refractivity contribution in [1.29, 1.82) is 0 Å². The summed E-state index contributed by atoms with van der Waals surface area (Å²) >= 11 is 0. The summed E-state index contributed by atoms with van der Waals surface area (Å²) in [4.78, 5) is 15.5. The first-order valence-corrected chi connectivity index (χ1v) is 4.88. The van der Waals surface area contributed by atoms with Gasteiger partial charge in [-0.2, -0.15) is 4.98 Å². The Morgan fingerprint density at radius 3 is 2.67 bits per heavy atom. The van der Waals surface area contributed by atoms with Gasteiger partial charge in [-0.05, 0) is 26.0 Å². The molecule has 2 N–H and O–H groups in total. The summed E-state index contributed by atoms with van der Waals surface area (Å²) in [5, 5.41) is 0.825. The highest BCUT2D eigenvalue weighted by Gasteiger charge is 2.09. The number of nitrogens with zero attached hydrogens (tertiary/aromatic N) is 2. The number of rotatable bonds is 1. The molecule has 0 aliphatic rings. The fraction of sp³-hybridized carbons (Fsp3) is 0.273. The van der Waals surface area contributed by atoms with Crippen LogP contribution in [0.1, 0.15) is 19.9 Å². The molecule has 1 aromatic carbocycles. The van der Waals surface area contributed by atoms with E-state index < -0.39 is 0 Å². The zero-order valence-corrected chi connectivity index (χ0v) is 8.77. The number of nitrogens with two attached hydrogens (primary N) is 1. The highest BCUT2D eigenvalue weighted by Crippen LogP contribution is 2.18. The van der Waals surface area contributed by atoms with Gasteiger partial charge < -0.3 is 5.73 Å². The van der Waals surface area contributed by atoms with Crippen LogP contribution in [0.3, 0.4) is 0 Å². The van der Waals surface area contributed by atoms with Crippen LogP contribution in [0, 0.1) is 0 Å². The predicted octanol–water partition coefficient (Wildman–Crippen LogP) is 1.56. The number of hydrogen-bond donors (Lipinski definition) is 1. The Kier molecular flexibility index (Phi) is 2.19. The SMILES string of the molecule is CC(C)n1c(=O)nc(N)c2ccccc21. The summed E-state index contributed by atoms with van der Waals surface area (Å²) in [5.74, 6) is 0.299. The third-order valence-corrected chi connectivity index (χ3v) is 2.38. The number of hydrogen-bond acceptors (Lipinski definition) is 3. The second-order valence-corrected chi connectivity index (χ2v) is 3.76. The van der Waals surface area contributed by atoms with E-state index in [-0.39, 0.29) is 11.7 Å². The normalized spacial score (nSPS) is 11.1. The quantitative estimate of drug-likeness (QED) is 0.765. The Hall–Kier alpha value is -1.84. The topological polar surface area (TPSA) is 60.9 Å². The molecule has 0 atom stereocenters. The van der Waals surface area contributed by atoms with Gasteiger partial charge in [0.05, 0.1) is 5.52 Å². The van der Waals surface area contributed by atoms with E-state index in [0.717, 1.165) is 10.9 Å². The van der Waals surface area contributed by atoms with Crippen molar-refractivity contribution in [3.63, 3.8) is 0 Å². The van der Waals surface area contributed by atoms with Crippen molar-refractivity contribution in [1.82, 2.24) is 9.55 Å². The van der Waals surface area contributed by atoms with E-state index in [9.17, 15) is 4.79 Å². The molecule has 1 heterocycles. The van der Waals surface area contributed by atoms with Crippen molar-refractivity contribution in [3.8, 4) is 0 Å². The summed E-state index contributed by atoms with van der Waals surface area (Å²) in [5.41, 5.74) is 6.25. The van der Waals surface area contributed by atoms with Crippen LogP contribution < -0.4 is 11.4 Å². The van der Waals surface area contributed by atoms with E-state index in [4.69, 9.17) is 5.73 Å². The smallest absolute Gasteiger partial charge is 0.350 e. The van der Waals surface area contributed by atoms with E-state index in [1.165, 1.54) is 0 Å². The number of para-hydroxylation sites is 1. The molecule has 0 fully saturated rings. The standard InChI is InChI=1S/C11H13N3O/c1-7(2)14-9-6-4-3-5-8(9)10(12)13-11(14)15/h3-7H,1-2H3,(H2,12,13,15). The van der Waals surface area contributed by atoms with Crippen LogP contribution in [0.5, 0.6) is 0 Å². The van der Waals surface area contributed by atoms with Crippen molar-refractivity contribution in [3.05, 3.63) is 34.7 Å². The molecular formula is C11H13N3O. The van der Waals surface area contributed by atoms with Gasteiger partial charge in [-0.25, -0.2) is 4.79 Å². The summed E-state index contributed by atoms with van der Waals surface area (Å²) in [6.45, 7) is 3.90. The lowest BCUT2D eigenvalue weighted by Crippen LogP contribution is -2.25. The highest BCUT2D eigenvalue weighted by molar-refractivity contribution is 5.88. The largest absolute Gasteiger partial charge is 0.383 e. The van der Waals surface area contributed by atoms with Crippen molar-refractivity contribution in [2.45, 2.75) is 19.9 Å². The lowest BCUT2D eigenvalue weighted by molar-refractivity contribution is 0.587. The Morgan fingerprint density at radius 1 is 1.33 bits per heavy atom. The van der Waals surface area contributed by atoms with Gasteiger partial charge >= 0.3 is 5.69 Å². The molecule has 2 rings (SSSR count). The second kappa shape index (κ2) is 3.38. The first kappa shape index (κ1) is 9.71. The number of benzene rings is 1. The molecule has 0 saturated carbocycles. The van der Waals surface area contributed by atoms with E-state index in [2.05, 4.69) is 4.98 Å². The average Bonchev–Trinajstić information content (AvgIpc) is 2.17. The predicted molar refractivity (Wildman–Crippen MR) is 60.8 cm³/mol. The van der Waals surface area contributed by atoms with Crippen LogP contribution in [0.25, 0.3) is 10.9 Å². The maximum atomic E-state index is 11.7. The number of nitrogen functional groups attached to an aromatic ring is 1. The first-order chi connectivity index (χ1) is 7.11. The minimum atomic E-state index is -0.291. The fourth-order valence-corrected chi connectivity index (χ4v) is 1.72. The second-order valence-electron chi connectivity index (χ2n) is 3.76. The van der Waals surface area contributed by atoms with Gasteiger partial charge in [-0.1, -0.05) is 12.1 Å². The van der Waals surface area contributed by atoms with Crippen LogP contribution in [-0.4, -0.2) is 9.55 Å². The minimum absolute atomic E-state index is 0.0792. The maximum absolute atomic E-state index is 11.7. The van der Waals surface area contributed by atoms with Crippen molar-refractivity contribution >= 4 is 16.7 Å². The molecule has 0 aliphatic heterocycles. The zero-order valence-electron chi connectivity index (χ0n) is 8.77. The average molecular weight is 203 g/mol. The van der Waals surface area contributed by atoms with Gasteiger partial charge in [0, 0.05) is 11.4 Å². The van der Waals surface area contributed by atoms with Crippen molar-refractivity contribution in [2.24, 2.45) is 0 Å². The van der Waals surface area contributed by atoms with E-state index in [0.29, 0.717) is 5.82 Å². The molecule has 0 saturated heterocycles. The van der Waals surface area contributed by atoms with Crippen LogP contribution in [0.15, 0.2) is 29.1 Å². The first-order valence-electron chi connectivity index (χ1n) is 4.88. The summed E-state index contributed by atoms with van der Waals surface area (Å²) in [7, 11) is 0. The summed E-state index contributed by atoms with van der Waals surface area (Å²) in [6, 6.07) is 7.61. The third-order valence-electron chi connectivity index (χ3n) is 2.38. The number of fused-ring (bicyclic) bond motifs is 1. The summed E-state index contributed by atoms with van der Waals surface area (Å²) in [6.07, 6.45) is 0. The van der Waals surface area contributed by atoms with Crippen LogP contribution in [0.4, 0.5) is 5.82 Å². The van der Waals surface area contributed by atoms with Gasteiger partial charge in [0.1, 0.15) is 5.82 Å². The Balaban J connectivity index is 2.96. The molecule has 78 valence electrons. The van der Waals surface area contributed by atoms with Gasteiger partial charge in [0.15, 0.2) is 0 Å². The van der Waals surface area contributed by atoms with Crippen LogP contribution in [-0.2, 0) is 0 Å². The van der Waals surface area contributed by atoms with Crippen LogP contribution >= 0.6 is 0 Å². The molecule has 0 spiro atoms. The zero-order chi connectivity index (χ0) is 11.0. The molecule has 4 nitrogen and oxygen atoms in total. The number of anilines is 1. The highest BCUT2D eigenvalue weighted by atomic mass is 16.1. The van der Waals surface area contributed by atoms with Gasteiger partial charge in [-0.15, -0.1) is 0 Å². The van der Waals surface area contributed by atoms with E-state index in [1.807, 2.05) is 38.1 Å². The monoisotopic (exact) mass is 203 g/mol. The molecule has 0 bridgehead atoms. The fourth-order valence-electron chi connectivity index (χ4n) is 1.72. The van der Waals surface area contributed by atoms with Crippen LogP contribution in [0.2, 0.25) is 0 Å². The summed E-state index contributed by atoms with van der Waals surface area (Å²) < 4.78 is 1.64. The molecule has 0 radical (unpaired) electrons. The molecule has 0 unspecified atom stereocenters. The van der Waals surface area contributed by atoms with E-state index >= 15 is 0 Å². The van der Waals surface area contributed by atoms with Gasteiger partial charge in [-0.3, -0.25) is 4.57 Å². The number of aromatic nitrogens is 2. The Labute approximate surface area is 87.4 Å². The molecule has 0 aliphatic carbocycles. The van der Waals surface area contributed by atoms with Gasteiger partial charge in [0.2, 0.25) is 0 Å². The molecule has 0 amide bonds. The van der Waals surface area contributed by atoms with E-state index in [1.54, 1.807) is 4.57 Å². The maximum Gasteiger partial charge on any atom is 0.350 e. The molecule has 15 heavy (non-hydrogen) atoms. The lowest BCUT2D eigenvalue weighted by atomic mass is 10.2. The van der Waals surface area contributed by atoms with Crippen molar-refractivity contribution < 1.29 is 0 Å². The van der Waals surface area contributed by atoms with Gasteiger partial charge in [0.25, 0.3) is 0 Å². The Bertz CT molecular complexity index is 557. The molecule has 4 heteroatoms. The molecule has 2 aromatic rings. The minimum Gasteiger partial charge on any atom is -0.383 e. The molecular weight excluding hydrogens is 190 g/mol. The van der Waals surface area contributed by atoms with Crippen molar-refractivity contribution in [2.75, 3.05) is 5.73 Å². The molecule has 1 aromatic heterocycles. The Morgan fingerprint density at radius 2 is 2.00 bits per heavy atom.